The molecule has 0 N–H and O–H groups in total. The summed E-state index contributed by atoms with van der Waals surface area (Å²) in [7, 11) is 0. The van der Waals surface area contributed by atoms with E-state index in [1.54, 1.807) is 17.9 Å². The molecule has 0 atom stereocenters. The van der Waals surface area contributed by atoms with E-state index in [-0.39, 0.29) is 11.7 Å². The zero-order valence-electron chi connectivity index (χ0n) is 11.5. The maximum Gasteiger partial charge on any atom is 0.253 e. The van der Waals surface area contributed by atoms with E-state index in [2.05, 4.69) is 6.92 Å². The fraction of sp³-hybridized carbons (Fsp3) is 0.533. The summed E-state index contributed by atoms with van der Waals surface area (Å²) >= 11 is 0. The number of hydrogen-bond acceptors (Lipinski definition) is 2. The van der Waals surface area contributed by atoms with Gasteiger partial charge in [0.1, 0.15) is 0 Å². The molecule has 2 rings (SSSR count). The van der Waals surface area contributed by atoms with Crippen molar-refractivity contribution in [3.8, 4) is 5.75 Å². The van der Waals surface area contributed by atoms with E-state index in [4.69, 9.17) is 4.74 Å². The van der Waals surface area contributed by atoms with Crippen LogP contribution in [0.1, 0.15) is 37.0 Å². The van der Waals surface area contributed by atoms with E-state index in [9.17, 15) is 9.18 Å². The van der Waals surface area contributed by atoms with Crippen molar-refractivity contribution in [2.75, 3.05) is 19.7 Å². The van der Waals surface area contributed by atoms with E-state index in [0.717, 1.165) is 25.9 Å². The fourth-order valence-electron chi connectivity index (χ4n) is 2.30. The molecule has 1 aromatic carbocycles. The molecule has 1 aliphatic rings. The van der Waals surface area contributed by atoms with Crippen LogP contribution in [-0.2, 0) is 0 Å². The molecule has 0 radical (unpaired) electrons. The Morgan fingerprint density at radius 3 is 2.68 bits per heavy atom. The van der Waals surface area contributed by atoms with Crippen molar-refractivity contribution >= 4 is 5.91 Å². The lowest BCUT2D eigenvalue weighted by atomic mass is 9.98. The summed E-state index contributed by atoms with van der Waals surface area (Å²) in [6.45, 7) is 5.92. The fourth-order valence-corrected chi connectivity index (χ4v) is 2.30. The van der Waals surface area contributed by atoms with Crippen LogP contribution in [0.4, 0.5) is 4.39 Å². The van der Waals surface area contributed by atoms with E-state index >= 15 is 0 Å². The molecule has 0 unspecified atom stereocenters. The van der Waals surface area contributed by atoms with Crippen LogP contribution in [-0.4, -0.2) is 30.5 Å². The van der Waals surface area contributed by atoms with Gasteiger partial charge in [0.25, 0.3) is 5.91 Å². The molecular formula is C15H20FNO2. The molecule has 1 saturated heterocycles. The zero-order chi connectivity index (χ0) is 13.8. The van der Waals surface area contributed by atoms with Crippen LogP contribution in [0.15, 0.2) is 18.2 Å². The SMILES string of the molecule is CCOc1ccc(C(=O)N2CCC(C)CC2)cc1F. The Labute approximate surface area is 113 Å². The number of nitrogens with zero attached hydrogens (tertiary/aromatic N) is 1. The van der Waals surface area contributed by atoms with Crippen LogP contribution in [0, 0.1) is 11.7 Å². The highest BCUT2D eigenvalue weighted by molar-refractivity contribution is 5.94. The third kappa shape index (κ3) is 3.25. The number of ether oxygens (including phenoxy) is 1. The number of carbonyl (C=O) groups excluding carboxylic acids is 1. The summed E-state index contributed by atoms with van der Waals surface area (Å²) in [6.07, 6.45) is 2.04. The van der Waals surface area contributed by atoms with Gasteiger partial charge in [-0.3, -0.25) is 4.79 Å². The molecule has 1 aromatic rings. The summed E-state index contributed by atoms with van der Waals surface area (Å²) in [6, 6.07) is 4.43. The van der Waals surface area contributed by atoms with Crippen molar-refractivity contribution in [3.63, 3.8) is 0 Å². The smallest absolute Gasteiger partial charge is 0.253 e. The van der Waals surface area contributed by atoms with Crippen molar-refractivity contribution in [1.29, 1.82) is 0 Å². The first-order valence-corrected chi connectivity index (χ1v) is 6.83. The number of carbonyl (C=O) groups is 1. The topological polar surface area (TPSA) is 29.5 Å². The maximum absolute atomic E-state index is 13.7. The minimum Gasteiger partial charge on any atom is -0.491 e. The lowest BCUT2D eigenvalue weighted by Crippen LogP contribution is -2.37. The van der Waals surface area contributed by atoms with E-state index in [1.807, 2.05) is 0 Å². The van der Waals surface area contributed by atoms with E-state index < -0.39 is 5.82 Å². The van der Waals surface area contributed by atoms with Gasteiger partial charge in [-0.2, -0.15) is 0 Å². The highest BCUT2D eigenvalue weighted by atomic mass is 19.1. The van der Waals surface area contributed by atoms with Gasteiger partial charge in [-0.05, 0) is 43.9 Å². The van der Waals surface area contributed by atoms with Crippen LogP contribution in [0.2, 0.25) is 0 Å². The first kappa shape index (κ1) is 13.8. The normalized spacial score (nSPS) is 16.5. The highest BCUT2D eigenvalue weighted by Gasteiger charge is 2.22. The number of likely N-dealkylation sites (tertiary alicyclic amines) is 1. The third-order valence-electron chi connectivity index (χ3n) is 3.55. The van der Waals surface area contributed by atoms with Crippen molar-refractivity contribution in [3.05, 3.63) is 29.6 Å². The van der Waals surface area contributed by atoms with Crippen molar-refractivity contribution in [2.45, 2.75) is 26.7 Å². The molecular weight excluding hydrogens is 245 g/mol. The number of rotatable bonds is 3. The maximum atomic E-state index is 13.7. The average Bonchev–Trinajstić information content (AvgIpc) is 2.41. The third-order valence-corrected chi connectivity index (χ3v) is 3.55. The van der Waals surface area contributed by atoms with Crippen LogP contribution >= 0.6 is 0 Å². The van der Waals surface area contributed by atoms with E-state index in [1.165, 1.54) is 12.1 Å². The Balaban J connectivity index is 2.09. The number of piperidine rings is 1. The largest absolute Gasteiger partial charge is 0.491 e. The summed E-state index contributed by atoms with van der Waals surface area (Å²) < 4.78 is 18.9. The predicted octanol–water partition coefficient (Wildman–Crippen LogP) is 3.10. The predicted molar refractivity (Wildman–Crippen MR) is 71.9 cm³/mol. The molecule has 0 spiro atoms. The zero-order valence-corrected chi connectivity index (χ0v) is 11.5. The van der Waals surface area contributed by atoms with Crippen molar-refractivity contribution in [1.82, 2.24) is 4.90 Å². The lowest BCUT2D eigenvalue weighted by Gasteiger charge is -2.30. The minimum atomic E-state index is -0.474. The number of amides is 1. The summed E-state index contributed by atoms with van der Waals surface area (Å²) in [4.78, 5) is 14.0. The van der Waals surface area contributed by atoms with E-state index in [0.29, 0.717) is 18.1 Å². The first-order valence-electron chi connectivity index (χ1n) is 6.83. The Hall–Kier alpha value is -1.58. The van der Waals surface area contributed by atoms with Gasteiger partial charge in [0.15, 0.2) is 11.6 Å². The molecule has 3 nitrogen and oxygen atoms in total. The second-order valence-electron chi connectivity index (χ2n) is 5.05. The molecule has 1 fully saturated rings. The summed E-state index contributed by atoms with van der Waals surface area (Å²) in [5.74, 6) is 0.305. The van der Waals surface area contributed by atoms with Gasteiger partial charge in [0.05, 0.1) is 6.61 Å². The second-order valence-corrected chi connectivity index (χ2v) is 5.05. The molecule has 0 bridgehead atoms. The minimum absolute atomic E-state index is 0.0890. The lowest BCUT2D eigenvalue weighted by molar-refractivity contribution is 0.0696. The Kier molecular flexibility index (Phi) is 4.40. The average molecular weight is 265 g/mol. The van der Waals surface area contributed by atoms with Gasteiger partial charge in [0, 0.05) is 18.7 Å². The monoisotopic (exact) mass is 265 g/mol. The Morgan fingerprint density at radius 1 is 1.42 bits per heavy atom. The van der Waals surface area contributed by atoms with Gasteiger partial charge in [-0.1, -0.05) is 6.92 Å². The molecule has 104 valence electrons. The van der Waals surface area contributed by atoms with Gasteiger partial charge in [-0.15, -0.1) is 0 Å². The van der Waals surface area contributed by atoms with Crippen LogP contribution in [0.3, 0.4) is 0 Å². The van der Waals surface area contributed by atoms with Crippen molar-refractivity contribution < 1.29 is 13.9 Å². The Bertz CT molecular complexity index is 453. The molecule has 0 saturated carbocycles. The summed E-state index contributed by atoms with van der Waals surface area (Å²) in [5.41, 5.74) is 0.399. The molecule has 1 heterocycles. The molecule has 1 aliphatic heterocycles. The molecule has 0 aliphatic carbocycles. The first-order chi connectivity index (χ1) is 9.11. The number of halogens is 1. The molecule has 4 heteroatoms. The summed E-state index contributed by atoms with van der Waals surface area (Å²) in [5, 5.41) is 0. The van der Waals surface area contributed by atoms with Gasteiger partial charge >= 0.3 is 0 Å². The molecule has 19 heavy (non-hydrogen) atoms. The van der Waals surface area contributed by atoms with Crippen molar-refractivity contribution in [2.24, 2.45) is 5.92 Å². The van der Waals surface area contributed by atoms with Crippen LogP contribution < -0.4 is 4.74 Å². The van der Waals surface area contributed by atoms with Gasteiger partial charge in [-0.25, -0.2) is 4.39 Å². The van der Waals surface area contributed by atoms with Crippen LogP contribution in [0.5, 0.6) is 5.75 Å². The standard InChI is InChI=1S/C15H20FNO2/c1-3-19-14-5-4-12(10-13(14)16)15(18)17-8-6-11(2)7-9-17/h4-5,10-11H,3,6-9H2,1-2H3. The second kappa shape index (κ2) is 6.04. The highest BCUT2D eigenvalue weighted by Crippen LogP contribution is 2.22. The Morgan fingerprint density at radius 2 is 2.11 bits per heavy atom. The van der Waals surface area contributed by atoms with Crippen LogP contribution in [0.25, 0.3) is 0 Å². The van der Waals surface area contributed by atoms with Gasteiger partial charge in [0.2, 0.25) is 0 Å². The number of benzene rings is 1. The van der Waals surface area contributed by atoms with Gasteiger partial charge < -0.3 is 9.64 Å². The molecule has 0 aromatic heterocycles. The molecule has 1 amide bonds. The quantitative estimate of drug-likeness (QED) is 0.840. The number of hydrogen-bond donors (Lipinski definition) is 0.